The van der Waals surface area contributed by atoms with E-state index in [4.69, 9.17) is 5.11 Å². The molecule has 1 aromatic carbocycles. The summed E-state index contributed by atoms with van der Waals surface area (Å²) >= 11 is 8.39. The number of rotatable bonds is 5. The second-order valence-electron chi connectivity index (χ2n) is 3.88. The third kappa shape index (κ3) is 4.06. The fourth-order valence-electron chi connectivity index (χ4n) is 1.65. The summed E-state index contributed by atoms with van der Waals surface area (Å²) in [6.07, 6.45) is 0.866. The van der Waals surface area contributed by atoms with E-state index >= 15 is 0 Å². The molecule has 3 nitrogen and oxygen atoms in total. The van der Waals surface area contributed by atoms with Gasteiger partial charge in [0, 0.05) is 21.6 Å². The van der Waals surface area contributed by atoms with Crippen LogP contribution in [0.3, 0.4) is 0 Å². The minimum absolute atomic E-state index is 0.279. The third-order valence-electron chi connectivity index (χ3n) is 2.53. The number of carbonyl (C=O) groups is 1. The smallest absolute Gasteiger partial charge is 0.337 e. The van der Waals surface area contributed by atoms with Gasteiger partial charge in [0.25, 0.3) is 0 Å². The molecule has 2 N–H and O–H groups in total. The predicted octanol–water partition coefficient (Wildman–Crippen LogP) is 4.63. The molecular formula is C13H11Br2NO2S. The van der Waals surface area contributed by atoms with Crippen LogP contribution in [0.15, 0.2) is 38.6 Å². The van der Waals surface area contributed by atoms with E-state index in [1.807, 2.05) is 12.1 Å². The van der Waals surface area contributed by atoms with Crippen LogP contribution >= 0.6 is 43.2 Å². The minimum Gasteiger partial charge on any atom is -0.478 e. The normalized spacial score (nSPS) is 10.4. The second-order valence-corrected chi connectivity index (χ2v) is 7.34. The third-order valence-corrected chi connectivity index (χ3v) is 4.70. The Morgan fingerprint density at radius 1 is 1.26 bits per heavy atom. The van der Waals surface area contributed by atoms with Crippen LogP contribution in [0.25, 0.3) is 0 Å². The number of nitrogens with one attached hydrogen (secondary N) is 1. The van der Waals surface area contributed by atoms with Gasteiger partial charge in [-0.1, -0.05) is 15.9 Å². The average molecular weight is 405 g/mol. The fourth-order valence-corrected chi connectivity index (χ4v) is 3.50. The molecule has 0 atom stereocenters. The van der Waals surface area contributed by atoms with Gasteiger partial charge in [0.2, 0.25) is 0 Å². The van der Waals surface area contributed by atoms with E-state index in [1.54, 1.807) is 23.5 Å². The van der Waals surface area contributed by atoms with Gasteiger partial charge in [0.15, 0.2) is 0 Å². The standard InChI is InChI=1S/C13H11Br2NO2S/c14-8-1-3-11(10(7-8)13(17)18)16-6-5-9-2-4-12(15)19-9/h1-4,7,16H,5-6H2,(H,17,18). The van der Waals surface area contributed by atoms with Crippen molar-refractivity contribution in [2.45, 2.75) is 6.42 Å². The van der Waals surface area contributed by atoms with Gasteiger partial charge in [0.1, 0.15) is 0 Å². The lowest BCUT2D eigenvalue weighted by molar-refractivity contribution is 0.0698. The first-order chi connectivity index (χ1) is 9.06. The maximum Gasteiger partial charge on any atom is 0.337 e. The molecule has 1 heterocycles. The Bertz CT molecular complexity index is 598. The first kappa shape index (κ1) is 14.6. The Kier molecular flexibility index (Phi) is 5.01. The molecule has 19 heavy (non-hydrogen) atoms. The summed E-state index contributed by atoms with van der Waals surface area (Å²) < 4.78 is 1.87. The quantitative estimate of drug-likeness (QED) is 0.763. The Labute approximate surface area is 131 Å². The zero-order chi connectivity index (χ0) is 13.8. The van der Waals surface area contributed by atoms with Crippen molar-refractivity contribution in [1.29, 1.82) is 0 Å². The SMILES string of the molecule is O=C(O)c1cc(Br)ccc1NCCc1ccc(Br)s1. The van der Waals surface area contributed by atoms with Gasteiger partial charge in [-0.2, -0.15) is 0 Å². The van der Waals surface area contributed by atoms with Crippen LogP contribution in [0.5, 0.6) is 0 Å². The van der Waals surface area contributed by atoms with Crippen LogP contribution in [0.1, 0.15) is 15.2 Å². The molecule has 2 aromatic rings. The Morgan fingerprint density at radius 2 is 2.05 bits per heavy atom. The van der Waals surface area contributed by atoms with E-state index in [0.717, 1.165) is 14.7 Å². The van der Waals surface area contributed by atoms with Crippen LogP contribution in [-0.4, -0.2) is 17.6 Å². The van der Waals surface area contributed by atoms with Crippen LogP contribution in [-0.2, 0) is 6.42 Å². The van der Waals surface area contributed by atoms with Crippen molar-refractivity contribution >= 4 is 54.9 Å². The van der Waals surface area contributed by atoms with Gasteiger partial charge >= 0.3 is 5.97 Å². The monoisotopic (exact) mass is 403 g/mol. The zero-order valence-corrected chi connectivity index (χ0v) is 13.8. The van der Waals surface area contributed by atoms with E-state index in [2.05, 4.69) is 43.2 Å². The van der Waals surface area contributed by atoms with E-state index in [0.29, 0.717) is 12.2 Å². The molecule has 0 bridgehead atoms. The molecule has 100 valence electrons. The molecule has 0 spiro atoms. The zero-order valence-electron chi connectivity index (χ0n) is 9.82. The van der Waals surface area contributed by atoms with Crippen molar-refractivity contribution in [3.8, 4) is 0 Å². The number of carboxylic acid groups (broad SMARTS) is 1. The summed E-state index contributed by atoms with van der Waals surface area (Å²) in [5.74, 6) is -0.928. The first-order valence-electron chi connectivity index (χ1n) is 5.57. The topological polar surface area (TPSA) is 49.3 Å². The molecule has 1 aromatic heterocycles. The summed E-state index contributed by atoms with van der Waals surface area (Å²) in [6, 6.07) is 9.29. The highest BCUT2D eigenvalue weighted by Gasteiger charge is 2.10. The lowest BCUT2D eigenvalue weighted by atomic mass is 10.2. The first-order valence-corrected chi connectivity index (χ1v) is 7.97. The molecule has 0 saturated heterocycles. The van der Waals surface area contributed by atoms with E-state index < -0.39 is 5.97 Å². The number of anilines is 1. The highest BCUT2D eigenvalue weighted by Crippen LogP contribution is 2.24. The van der Waals surface area contributed by atoms with E-state index in [1.165, 1.54) is 4.88 Å². The minimum atomic E-state index is -0.928. The molecule has 0 fully saturated rings. The molecular weight excluding hydrogens is 394 g/mol. The Balaban J connectivity index is 2.01. The maximum absolute atomic E-state index is 11.1. The summed E-state index contributed by atoms with van der Waals surface area (Å²) in [5, 5.41) is 12.3. The number of hydrogen-bond donors (Lipinski definition) is 2. The number of thiophene rings is 1. The molecule has 6 heteroatoms. The van der Waals surface area contributed by atoms with Gasteiger partial charge in [0.05, 0.1) is 9.35 Å². The van der Waals surface area contributed by atoms with E-state index in [-0.39, 0.29) is 5.56 Å². The van der Waals surface area contributed by atoms with Gasteiger partial charge in [-0.3, -0.25) is 0 Å². The number of hydrogen-bond acceptors (Lipinski definition) is 3. The van der Waals surface area contributed by atoms with Crippen LogP contribution in [0.4, 0.5) is 5.69 Å². The number of carboxylic acids is 1. The molecule has 0 aliphatic heterocycles. The van der Waals surface area contributed by atoms with Crippen LogP contribution < -0.4 is 5.32 Å². The van der Waals surface area contributed by atoms with Crippen molar-refractivity contribution in [3.05, 3.63) is 49.0 Å². The Morgan fingerprint density at radius 3 is 2.68 bits per heavy atom. The number of benzene rings is 1. The fraction of sp³-hybridized carbons (Fsp3) is 0.154. The molecule has 0 aliphatic carbocycles. The van der Waals surface area contributed by atoms with Crippen molar-refractivity contribution < 1.29 is 9.90 Å². The van der Waals surface area contributed by atoms with Crippen molar-refractivity contribution in [2.24, 2.45) is 0 Å². The molecule has 0 aliphatic rings. The van der Waals surface area contributed by atoms with Gasteiger partial charge in [-0.15, -0.1) is 11.3 Å². The molecule has 0 radical (unpaired) electrons. The van der Waals surface area contributed by atoms with E-state index in [9.17, 15) is 4.79 Å². The lowest BCUT2D eigenvalue weighted by Crippen LogP contribution is -2.09. The van der Waals surface area contributed by atoms with Crippen LogP contribution in [0.2, 0.25) is 0 Å². The number of aromatic carboxylic acids is 1. The van der Waals surface area contributed by atoms with Crippen molar-refractivity contribution in [1.82, 2.24) is 0 Å². The van der Waals surface area contributed by atoms with Crippen molar-refractivity contribution in [2.75, 3.05) is 11.9 Å². The van der Waals surface area contributed by atoms with Gasteiger partial charge in [-0.25, -0.2) is 4.79 Å². The Hall–Kier alpha value is -0.850. The van der Waals surface area contributed by atoms with Crippen LogP contribution in [0, 0.1) is 0 Å². The summed E-state index contributed by atoms with van der Waals surface area (Å²) in [4.78, 5) is 12.4. The predicted molar refractivity (Wildman–Crippen MR) is 85.3 cm³/mol. The maximum atomic E-state index is 11.1. The highest BCUT2D eigenvalue weighted by atomic mass is 79.9. The molecule has 2 rings (SSSR count). The largest absolute Gasteiger partial charge is 0.478 e. The van der Waals surface area contributed by atoms with Gasteiger partial charge in [-0.05, 0) is 52.7 Å². The summed E-state index contributed by atoms with van der Waals surface area (Å²) in [7, 11) is 0. The molecule has 0 saturated carbocycles. The highest BCUT2D eigenvalue weighted by molar-refractivity contribution is 9.11. The molecule has 0 unspecified atom stereocenters. The lowest BCUT2D eigenvalue weighted by Gasteiger charge is -2.09. The van der Waals surface area contributed by atoms with Crippen molar-refractivity contribution in [3.63, 3.8) is 0 Å². The number of halogens is 2. The summed E-state index contributed by atoms with van der Waals surface area (Å²) in [6.45, 7) is 0.703. The average Bonchev–Trinajstić information content (AvgIpc) is 2.77. The van der Waals surface area contributed by atoms with Gasteiger partial charge < -0.3 is 10.4 Å². The molecule has 0 amide bonds. The second kappa shape index (κ2) is 6.54. The summed E-state index contributed by atoms with van der Waals surface area (Å²) in [5.41, 5.74) is 0.924.